The van der Waals surface area contributed by atoms with Gasteiger partial charge in [0.2, 0.25) is 5.28 Å². The first-order chi connectivity index (χ1) is 15.5. The van der Waals surface area contributed by atoms with Gasteiger partial charge in [-0.2, -0.15) is 4.98 Å². The lowest BCUT2D eigenvalue weighted by Crippen LogP contribution is -2.64. The molecule has 2 aromatic heterocycles. The number of aromatic nitrogens is 4. The normalized spacial score (nSPS) is 20.9. The SMILES string of the molecule is C[C@@H](C1CC1)n1c(=O)c(NCC2CC3(C2)CN(C(=O)OC(C)(C)C)C3)nc2cnc(Cl)nc21. The van der Waals surface area contributed by atoms with Crippen LogP contribution in [-0.4, -0.2) is 55.7 Å². The summed E-state index contributed by atoms with van der Waals surface area (Å²) in [6.45, 7) is 9.87. The number of halogens is 1. The smallest absolute Gasteiger partial charge is 0.410 e. The zero-order valence-corrected chi connectivity index (χ0v) is 20.4. The van der Waals surface area contributed by atoms with Crippen molar-refractivity contribution in [2.75, 3.05) is 25.0 Å². The van der Waals surface area contributed by atoms with Gasteiger partial charge in [-0.05, 0) is 76.8 Å². The first kappa shape index (κ1) is 22.4. The van der Waals surface area contributed by atoms with E-state index in [1.807, 2.05) is 20.8 Å². The average molecular weight is 475 g/mol. The van der Waals surface area contributed by atoms with Gasteiger partial charge >= 0.3 is 6.09 Å². The molecule has 9 nitrogen and oxygen atoms in total. The van der Waals surface area contributed by atoms with Crippen molar-refractivity contribution in [1.29, 1.82) is 0 Å². The lowest BCUT2D eigenvalue weighted by atomic mass is 9.58. The first-order valence-electron chi connectivity index (χ1n) is 11.7. The van der Waals surface area contributed by atoms with Gasteiger partial charge in [-0.15, -0.1) is 0 Å². The standard InChI is InChI=1S/C23H31ClN6O3/c1-13(15-5-6-15)30-18-16(10-26-20(24)28-18)27-17(19(30)31)25-9-14-7-23(8-14)11-29(12-23)21(32)33-22(2,3)4/h10,13-15H,5-9,11-12H2,1-4H3,(H,25,27)/t13-/m0/s1. The Morgan fingerprint density at radius 3 is 2.64 bits per heavy atom. The summed E-state index contributed by atoms with van der Waals surface area (Å²) in [5.41, 5.74) is 0.616. The summed E-state index contributed by atoms with van der Waals surface area (Å²) in [5, 5.41) is 3.40. The van der Waals surface area contributed by atoms with E-state index in [1.165, 1.54) is 0 Å². The molecule has 0 radical (unpaired) electrons. The Bertz CT molecular complexity index is 1140. The summed E-state index contributed by atoms with van der Waals surface area (Å²) in [4.78, 5) is 40.1. The van der Waals surface area contributed by atoms with Gasteiger partial charge in [0.15, 0.2) is 11.5 Å². The van der Waals surface area contributed by atoms with Crippen LogP contribution in [0.1, 0.15) is 59.4 Å². The summed E-state index contributed by atoms with van der Waals surface area (Å²) in [7, 11) is 0. The average Bonchev–Trinajstić information content (AvgIpc) is 3.49. The second-order valence-electron chi connectivity index (χ2n) is 11.1. The van der Waals surface area contributed by atoms with Crippen molar-refractivity contribution in [3.8, 4) is 0 Å². The Morgan fingerprint density at radius 1 is 1.30 bits per heavy atom. The summed E-state index contributed by atoms with van der Waals surface area (Å²) in [6.07, 6.45) is 5.62. The van der Waals surface area contributed by atoms with Crippen molar-refractivity contribution in [2.45, 2.75) is 65.0 Å². The van der Waals surface area contributed by atoms with Crippen LogP contribution in [0, 0.1) is 17.3 Å². The quantitative estimate of drug-likeness (QED) is 0.656. The van der Waals surface area contributed by atoms with Crippen LogP contribution in [0.4, 0.5) is 10.6 Å². The van der Waals surface area contributed by atoms with Gasteiger partial charge in [0.1, 0.15) is 11.1 Å². The zero-order valence-electron chi connectivity index (χ0n) is 19.6. The zero-order chi connectivity index (χ0) is 23.5. The highest BCUT2D eigenvalue weighted by molar-refractivity contribution is 6.28. The van der Waals surface area contributed by atoms with Crippen molar-refractivity contribution in [3.63, 3.8) is 0 Å². The van der Waals surface area contributed by atoms with E-state index >= 15 is 0 Å². The van der Waals surface area contributed by atoms with E-state index in [-0.39, 0.29) is 28.4 Å². The monoisotopic (exact) mass is 474 g/mol. The maximum atomic E-state index is 13.3. The molecule has 1 N–H and O–H groups in total. The van der Waals surface area contributed by atoms with E-state index in [4.69, 9.17) is 16.3 Å². The van der Waals surface area contributed by atoms with Crippen molar-refractivity contribution < 1.29 is 9.53 Å². The number of hydrogen-bond donors (Lipinski definition) is 1. The third-order valence-corrected chi connectivity index (χ3v) is 7.20. The Kier molecular flexibility index (Phi) is 5.30. The van der Waals surface area contributed by atoms with Crippen LogP contribution in [0.2, 0.25) is 5.28 Å². The maximum absolute atomic E-state index is 13.3. The van der Waals surface area contributed by atoms with Crippen LogP contribution in [-0.2, 0) is 4.74 Å². The Hall–Kier alpha value is -2.42. The molecular weight excluding hydrogens is 444 g/mol. The number of carbonyl (C=O) groups is 1. The van der Waals surface area contributed by atoms with E-state index in [0.29, 0.717) is 35.4 Å². The van der Waals surface area contributed by atoms with E-state index in [9.17, 15) is 9.59 Å². The predicted octanol–water partition coefficient (Wildman–Crippen LogP) is 3.87. The molecule has 1 saturated heterocycles. The molecular formula is C23H31ClN6O3. The molecule has 0 unspecified atom stereocenters. The molecule has 1 spiro atoms. The molecule has 1 atom stereocenters. The van der Waals surface area contributed by atoms with Crippen molar-refractivity contribution in [2.24, 2.45) is 17.3 Å². The number of likely N-dealkylation sites (tertiary alicyclic amines) is 1. The van der Waals surface area contributed by atoms with Crippen molar-refractivity contribution in [1.82, 2.24) is 24.4 Å². The Labute approximate surface area is 197 Å². The molecule has 1 amide bonds. The second-order valence-corrected chi connectivity index (χ2v) is 11.4. The summed E-state index contributed by atoms with van der Waals surface area (Å²) in [6, 6.07) is 0.0373. The minimum atomic E-state index is -0.473. The molecule has 178 valence electrons. The fourth-order valence-corrected chi connectivity index (χ4v) is 5.42. The van der Waals surface area contributed by atoms with Gasteiger partial charge in [0.05, 0.1) is 6.20 Å². The minimum Gasteiger partial charge on any atom is -0.444 e. The van der Waals surface area contributed by atoms with E-state index in [0.717, 1.165) is 38.8 Å². The van der Waals surface area contributed by atoms with Crippen molar-refractivity contribution in [3.05, 3.63) is 21.8 Å². The number of nitrogens with one attached hydrogen (secondary N) is 1. The van der Waals surface area contributed by atoms with Crippen molar-refractivity contribution >= 4 is 34.7 Å². The number of carbonyl (C=O) groups excluding carboxylic acids is 1. The number of fused-ring (bicyclic) bond motifs is 1. The van der Waals surface area contributed by atoms with Gasteiger partial charge in [0.25, 0.3) is 5.56 Å². The highest BCUT2D eigenvalue weighted by atomic mass is 35.5. The number of anilines is 1. The first-order valence-corrected chi connectivity index (χ1v) is 12.1. The van der Waals surface area contributed by atoms with E-state index < -0.39 is 5.60 Å². The van der Waals surface area contributed by atoms with Gasteiger partial charge in [-0.3, -0.25) is 9.36 Å². The minimum absolute atomic E-state index is 0.0373. The molecule has 2 aromatic rings. The molecule has 3 fully saturated rings. The maximum Gasteiger partial charge on any atom is 0.410 e. The fourth-order valence-electron chi connectivity index (χ4n) is 5.29. The number of amides is 1. The summed E-state index contributed by atoms with van der Waals surface area (Å²) >= 11 is 6.01. The molecule has 33 heavy (non-hydrogen) atoms. The molecule has 0 bridgehead atoms. The fraction of sp³-hybridized carbons (Fsp3) is 0.696. The predicted molar refractivity (Wildman–Crippen MR) is 125 cm³/mol. The van der Waals surface area contributed by atoms with Crippen LogP contribution in [0.3, 0.4) is 0 Å². The molecule has 2 saturated carbocycles. The van der Waals surface area contributed by atoms with Crippen LogP contribution in [0.25, 0.3) is 11.2 Å². The lowest BCUT2D eigenvalue weighted by Gasteiger charge is -2.58. The topological polar surface area (TPSA) is 102 Å². The Balaban J connectivity index is 1.23. The lowest BCUT2D eigenvalue weighted by molar-refractivity contribution is -0.0920. The van der Waals surface area contributed by atoms with E-state index in [2.05, 4.69) is 27.2 Å². The summed E-state index contributed by atoms with van der Waals surface area (Å²) in [5.74, 6) is 1.26. The number of hydrogen-bond acceptors (Lipinski definition) is 7. The second kappa shape index (κ2) is 7.82. The van der Waals surface area contributed by atoms with Gasteiger partial charge < -0.3 is 15.0 Å². The Morgan fingerprint density at radius 2 is 2.00 bits per heavy atom. The number of ether oxygens (including phenoxy) is 1. The largest absolute Gasteiger partial charge is 0.444 e. The molecule has 5 rings (SSSR count). The number of nitrogens with zero attached hydrogens (tertiary/aromatic N) is 5. The molecule has 3 heterocycles. The third-order valence-electron chi connectivity index (χ3n) is 7.02. The molecule has 10 heteroatoms. The van der Waals surface area contributed by atoms with Crippen LogP contribution >= 0.6 is 11.6 Å². The highest BCUT2D eigenvalue weighted by Crippen LogP contribution is 2.52. The van der Waals surface area contributed by atoms with E-state index in [1.54, 1.807) is 15.7 Å². The van der Waals surface area contributed by atoms with Crippen LogP contribution in [0.15, 0.2) is 11.0 Å². The molecule has 0 aromatic carbocycles. The molecule has 3 aliphatic rings. The van der Waals surface area contributed by atoms with Crippen LogP contribution < -0.4 is 10.9 Å². The molecule has 2 aliphatic carbocycles. The van der Waals surface area contributed by atoms with Crippen LogP contribution in [0.5, 0.6) is 0 Å². The third kappa shape index (κ3) is 4.39. The molecule has 1 aliphatic heterocycles. The summed E-state index contributed by atoms with van der Waals surface area (Å²) < 4.78 is 7.18. The highest BCUT2D eigenvalue weighted by Gasteiger charge is 2.54. The van der Waals surface area contributed by atoms with Gasteiger partial charge in [-0.1, -0.05) is 0 Å². The van der Waals surface area contributed by atoms with Gasteiger partial charge in [-0.25, -0.2) is 14.8 Å². The van der Waals surface area contributed by atoms with Gasteiger partial charge in [0, 0.05) is 31.1 Å². The number of rotatable bonds is 5.